The first kappa shape index (κ1) is 22.9. The number of halogens is 1. The number of anilines is 2. The van der Waals surface area contributed by atoms with E-state index in [1.165, 1.54) is 25.1 Å². The molecule has 4 amide bonds. The lowest BCUT2D eigenvalue weighted by atomic mass is 9.96. The Kier molecular flexibility index (Phi) is 7.54. The summed E-state index contributed by atoms with van der Waals surface area (Å²) >= 11 is 0. The molecule has 1 heterocycles. The van der Waals surface area contributed by atoms with Gasteiger partial charge in [0, 0.05) is 37.9 Å². The van der Waals surface area contributed by atoms with E-state index in [9.17, 15) is 23.6 Å². The molecule has 0 saturated carbocycles. The third-order valence-corrected chi connectivity index (χ3v) is 5.23. The van der Waals surface area contributed by atoms with Crippen molar-refractivity contribution in [1.29, 1.82) is 0 Å². The van der Waals surface area contributed by atoms with Crippen LogP contribution in [0.5, 0.6) is 0 Å². The maximum absolute atomic E-state index is 13.8. The Hall–Kier alpha value is -3.75. The molecular weight excluding hydrogens is 415 g/mol. The zero-order chi connectivity index (χ0) is 23.1. The van der Waals surface area contributed by atoms with Crippen molar-refractivity contribution in [2.45, 2.75) is 19.8 Å². The van der Waals surface area contributed by atoms with Crippen molar-refractivity contribution in [1.82, 2.24) is 10.2 Å². The minimum atomic E-state index is -0.788. The Morgan fingerprint density at radius 2 is 1.50 bits per heavy atom. The maximum atomic E-state index is 13.8. The van der Waals surface area contributed by atoms with Gasteiger partial charge >= 0.3 is 11.8 Å². The summed E-state index contributed by atoms with van der Waals surface area (Å²) in [4.78, 5) is 49.3. The van der Waals surface area contributed by atoms with Gasteiger partial charge < -0.3 is 20.9 Å². The largest absolute Gasteiger partial charge is 0.348 e. The molecule has 32 heavy (non-hydrogen) atoms. The van der Waals surface area contributed by atoms with E-state index in [0.717, 1.165) is 0 Å². The lowest BCUT2D eigenvalue weighted by Gasteiger charge is -2.32. The molecule has 1 aliphatic rings. The first-order chi connectivity index (χ1) is 15.3. The minimum absolute atomic E-state index is 0.0565. The number of carbonyl (C=O) groups is 4. The van der Waals surface area contributed by atoms with Crippen LogP contribution in [0.3, 0.4) is 0 Å². The molecule has 1 aliphatic heterocycles. The summed E-state index contributed by atoms with van der Waals surface area (Å²) in [6.45, 7) is 2.63. The van der Waals surface area contributed by atoms with E-state index in [4.69, 9.17) is 0 Å². The van der Waals surface area contributed by atoms with Gasteiger partial charge in [0.15, 0.2) is 0 Å². The molecule has 0 atom stereocenters. The molecule has 1 saturated heterocycles. The Bertz CT molecular complexity index is 1000. The standard InChI is InChI=1S/C23H25FN4O4/c1-15(29)26-17-6-8-18(9-7-17)27-22(31)21(30)25-14-16-10-12-28(13-11-16)23(32)19-4-2-3-5-20(19)24/h2-9,16H,10-14H2,1H3,(H,25,30)(H,26,29)(H,27,31). The summed E-state index contributed by atoms with van der Waals surface area (Å²) < 4.78 is 13.8. The van der Waals surface area contributed by atoms with Crippen LogP contribution >= 0.6 is 0 Å². The number of hydrogen-bond acceptors (Lipinski definition) is 4. The zero-order valence-electron chi connectivity index (χ0n) is 17.7. The smallest absolute Gasteiger partial charge is 0.313 e. The number of likely N-dealkylation sites (tertiary alicyclic amines) is 1. The first-order valence-corrected chi connectivity index (χ1v) is 10.3. The zero-order valence-corrected chi connectivity index (χ0v) is 17.7. The summed E-state index contributed by atoms with van der Waals surface area (Å²) in [5, 5.41) is 7.74. The molecular formula is C23H25FN4O4. The molecule has 2 aromatic carbocycles. The van der Waals surface area contributed by atoms with Gasteiger partial charge in [-0.05, 0) is 55.2 Å². The summed E-state index contributed by atoms with van der Waals surface area (Å²) in [5.41, 5.74) is 1.07. The highest BCUT2D eigenvalue weighted by Crippen LogP contribution is 2.20. The molecule has 0 radical (unpaired) electrons. The lowest BCUT2D eigenvalue weighted by molar-refractivity contribution is -0.136. The summed E-state index contributed by atoms with van der Waals surface area (Å²) in [6, 6.07) is 12.3. The van der Waals surface area contributed by atoms with Crippen molar-refractivity contribution in [3.63, 3.8) is 0 Å². The molecule has 0 aromatic heterocycles. The van der Waals surface area contributed by atoms with Crippen molar-refractivity contribution < 1.29 is 23.6 Å². The second-order valence-corrected chi connectivity index (χ2v) is 7.64. The molecule has 168 valence electrons. The van der Waals surface area contributed by atoms with Crippen LogP contribution in [0.25, 0.3) is 0 Å². The van der Waals surface area contributed by atoms with Crippen LogP contribution in [0.15, 0.2) is 48.5 Å². The van der Waals surface area contributed by atoms with E-state index in [1.807, 2.05) is 0 Å². The second-order valence-electron chi connectivity index (χ2n) is 7.64. The van der Waals surface area contributed by atoms with Gasteiger partial charge in [-0.3, -0.25) is 19.2 Å². The number of nitrogens with zero attached hydrogens (tertiary/aromatic N) is 1. The number of benzene rings is 2. The van der Waals surface area contributed by atoms with Crippen molar-refractivity contribution in [3.05, 3.63) is 59.9 Å². The third kappa shape index (κ3) is 6.13. The molecule has 3 N–H and O–H groups in total. The molecule has 3 rings (SSSR count). The van der Waals surface area contributed by atoms with Crippen LogP contribution in [0.4, 0.5) is 15.8 Å². The molecule has 0 bridgehead atoms. The Balaban J connectivity index is 1.41. The first-order valence-electron chi connectivity index (χ1n) is 10.3. The number of rotatable bonds is 5. The van der Waals surface area contributed by atoms with Gasteiger partial charge in [-0.1, -0.05) is 12.1 Å². The van der Waals surface area contributed by atoms with Gasteiger partial charge in [-0.15, -0.1) is 0 Å². The van der Waals surface area contributed by atoms with Crippen molar-refractivity contribution in [2.75, 3.05) is 30.3 Å². The van der Waals surface area contributed by atoms with Crippen LogP contribution in [-0.4, -0.2) is 48.2 Å². The lowest BCUT2D eigenvalue weighted by Crippen LogP contribution is -2.43. The van der Waals surface area contributed by atoms with Crippen molar-refractivity contribution >= 4 is 35.0 Å². The Morgan fingerprint density at radius 3 is 2.09 bits per heavy atom. The van der Waals surface area contributed by atoms with Gasteiger partial charge in [0.05, 0.1) is 5.56 Å². The van der Waals surface area contributed by atoms with Crippen LogP contribution in [-0.2, 0) is 14.4 Å². The van der Waals surface area contributed by atoms with Crippen LogP contribution in [0.1, 0.15) is 30.1 Å². The number of amides is 4. The molecule has 0 aliphatic carbocycles. The van der Waals surface area contributed by atoms with Gasteiger partial charge in [-0.25, -0.2) is 4.39 Å². The monoisotopic (exact) mass is 440 g/mol. The molecule has 0 unspecified atom stereocenters. The van der Waals surface area contributed by atoms with Gasteiger partial charge in [0.25, 0.3) is 5.91 Å². The SMILES string of the molecule is CC(=O)Nc1ccc(NC(=O)C(=O)NCC2CCN(C(=O)c3ccccc3F)CC2)cc1. The van der Waals surface area contributed by atoms with Crippen LogP contribution in [0.2, 0.25) is 0 Å². The molecule has 8 nitrogen and oxygen atoms in total. The fourth-order valence-corrected chi connectivity index (χ4v) is 3.49. The number of piperidine rings is 1. The highest BCUT2D eigenvalue weighted by atomic mass is 19.1. The van der Waals surface area contributed by atoms with Crippen molar-refractivity contribution in [2.24, 2.45) is 5.92 Å². The highest BCUT2D eigenvalue weighted by Gasteiger charge is 2.26. The van der Waals surface area contributed by atoms with E-state index < -0.39 is 17.6 Å². The van der Waals surface area contributed by atoms with Gasteiger partial charge in [0.2, 0.25) is 5.91 Å². The Morgan fingerprint density at radius 1 is 0.906 bits per heavy atom. The minimum Gasteiger partial charge on any atom is -0.348 e. The van der Waals surface area contributed by atoms with Crippen LogP contribution in [0, 0.1) is 11.7 Å². The van der Waals surface area contributed by atoms with E-state index in [-0.39, 0.29) is 23.3 Å². The third-order valence-electron chi connectivity index (χ3n) is 5.23. The number of nitrogens with one attached hydrogen (secondary N) is 3. The summed E-state index contributed by atoms with van der Waals surface area (Å²) in [7, 11) is 0. The summed E-state index contributed by atoms with van der Waals surface area (Å²) in [6.07, 6.45) is 1.29. The predicted octanol–water partition coefficient (Wildman–Crippen LogP) is 2.39. The van der Waals surface area contributed by atoms with Gasteiger partial charge in [-0.2, -0.15) is 0 Å². The number of hydrogen-bond donors (Lipinski definition) is 3. The summed E-state index contributed by atoms with van der Waals surface area (Å²) in [5.74, 6) is -2.50. The normalized spacial score (nSPS) is 13.9. The quantitative estimate of drug-likeness (QED) is 0.621. The second kappa shape index (κ2) is 10.5. The van der Waals surface area contributed by atoms with E-state index in [1.54, 1.807) is 35.2 Å². The maximum Gasteiger partial charge on any atom is 0.313 e. The van der Waals surface area contributed by atoms with Crippen LogP contribution < -0.4 is 16.0 Å². The predicted molar refractivity (Wildman–Crippen MR) is 117 cm³/mol. The van der Waals surface area contributed by atoms with Crippen molar-refractivity contribution in [3.8, 4) is 0 Å². The molecule has 0 spiro atoms. The van der Waals surface area contributed by atoms with E-state index in [0.29, 0.717) is 43.9 Å². The van der Waals surface area contributed by atoms with E-state index in [2.05, 4.69) is 16.0 Å². The molecule has 1 fully saturated rings. The fourth-order valence-electron chi connectivity index (χ4n) is 3.49. The number of carbonyl (C=O) groups excluding carboxylic acids is 4. The van der Waals surface area contributed by atoms with Gasteiger partial charge in [0.1, 0.15) is 5.82 Å². The molecule has 2 aromatic rings. The average molecular weight is 440 g/mol. The highest BCUT2D eigenvalue weighted by molar-refractivity contribution is 6.39. The Labute approximate surface area is 185 Å². The van der Waals surface area contributed by atoms with E-state index >= 15 is 0 Å². The average Bonchev–Trinajstić information content (AvgIpc) is 2.78. The fraction of sp³-hybridized carbons (Fsp3) is 0.304. The molecule has 9 heteroatoms. The topological polar surface area (TPSA) is 108 Å².